The van der Waals surface area contributed by atoms with Gasteiger partial charge in [-0.25, -0.2) is 0 Å². The quantitative estimate of drug-likeness (QED) is 0.608. The lowest BCUT2D eigenvalue weighted by Crippen LogP contribution is -2.38. The average molecular weight is 379 g/mol. The molecule has 0 N–H and O–H groups in total. The molecule has 5 atom stereocenters. The van der Waals surface area contributed by atoms with E-state index in [9.17, 15) is 13.8 Å². The number of benzene rings is 2. The number of amides is 2. The van der Waals surface area contributed by atoms with E-state index in [1.807, 2.05) is 73.7 Å². The minimum atomic E-state index is -1.40. The summed E-state index contributed by atoms with van der Waals surface area (Å²) < 4.78 is 13.2. The van der Waals surface area contributed by atoms with E-state index in [0.29, 0.717) is 4.90 Å². The van der Waals surface area contributed by atoms with Crippen LogP contribution in [-0.2, 0) is 20.4 Å². The van der Waals surface area contributed by atoms with Crippen LogP contribution in [0.5, 0.6) is 0 Å². The average Bonchev–Trinajstić information content (AvgIpc) is 2.93. The molecule has 2 aromatic carbocycles. The van der Waals surface area contributed by atoms with E-state index in [2.05, 4.69) is 0 Å². The molecule has 27 heavy (non-hydrogen) atoms. The first-order valence-corrected chi connectivity index (χ1v) is 10.2. The van der Waals surface area contributed by atoms with Crippen molar-refractivity contribution in [3.8, 4) is 0 Å². The van der Waals surface area contributed by atoms with Gasteiger partial charge >= 0.3 is 0 Å². The highest BCUT2D eigenvalue weighted by molar-refractivity contribution is 7.86. The first-order valence-electron chi connectivity index (χ1n) is 9.01. The molecule has 0 bridgehead atoms. The van der Waals surface area contributed by atoms with Crippen LogP contribution in [-0.4, -0.2) is 33.2 Å². The van der Waals surface area contributed by atoms with Crippen molar-refractivity contribution in [3.05, 3.63) is 77.9 Å². The fourth-order valence-corrected chi connectivity index (χ4v) is 5.59. The molecular weight excluding hydrogens is 358 g/mol. The number of carbonyl (C=O) groups is 2. The number of likely N-dealkylation sites (tertiary alicyclic amines) is 1. The molecule has 1 saturated heterocycles. The Morgan fingerprint density at radius 2 is 1.48 bits per heavy atom. The minimum Gasteiger partial charge on any atom is -0.285 e. The number of allylic oxidation sites excluding steroid dienone is 1. The SMILES string of the molecule is Cc1ccc([S@](=O)[C@@H]2C=C[C@H](c3ccccc3)[C@@H]3C(=O)N(C)C(=O)[C@@H]32)cc1. The van der Waals surface area contributed by atoms with Gasteiger partial charge in [0.05, 0.1) is 27.9 Å². The topological polar surface area (TPSA) is 54.5 Å². The van der Waals surface area contributed by atoms with Crippen molar-refractivity contribution in [3.63, 3.8) is 0 Å². The van der Waals surface area contributed by atoms with E-state index < -0.39 is 27.9 Å². The van der Waals surface area contributed by atoms with E-state index in [0.717, 1.165) is 11.1 Å². The predicted molar refractivity (Wildman–Crippen MR) is 104 cm³/mol. The summed E-state index contributed by atoms with van der Waals surface area (Å²) in [6.07, 6.45) is 3.83. The second kappa shape index (κ2) is 6.89. The number of aryl methyl sites for hydroxylation is 1. The van der Waals surface area contributed by atoms with Gasteiger partial charge in [-0.1, -0.05) is 60.2 Å². The molecule has 1 fully saturated rings. The summed E-state index contributed by atoms with van der Waals surface area (Å²) in [5.74, 6) is -1.70. The van der Waals surface area contributed by atoms with Gasteiger partial charge in [0.25, 0.3) is 0 Å². The van der Waals surface area contributed by atoms with Gasteiger partial charge in [-0.2, -0.15) is 0 Å². The smallest absolute Gasteiger partial charge is 0.234 e. The molecule has 2 aliphatic rings. The first kappa shape index (κ1) is 17.9. The third kappa shape index (κ3) is 2.96. The van der Waals surface area contributed by atoms with Gasteiger partial charge in [0.2, 0.25) is 11.8 Å². The normalized spacial score (nSPS) is 28.3. The van der Waals surface area contributed by atoms with Crippen LogP contribution < -0.4 is 0 Å². The summed E-state index contributed by atoms with van der Waals surface area (Å²) in [6.45, 7) is 1.97. The lowest BCUT2D eigenvalue weighted by Gasteiger charge is -2.31. The second-order valence-electron chi connectivity index (χ2n) is 7.18. The predicted octanol–water partition coefficient (Wildman–Crippen LogP) is 3.06. The zero-order valence-corrected chi connectivity index (χ0v) is 16.1. The van der Waals surface area contributed by atoms with Gasteiger partial charge < -0.3 is 0 Å². The number of nitrogens with zero attached hydrogens (tertiary/aromatic N) is 1. The molecule has 5 heteroatoms. The van der Waals surface area contributed by atoms with Crippen LogP contribution >= 0.6 is 0 Å². The highest BCUT2D eigenvalue weighted by Gasteiger charge is 2.55. The summed E-state index contributed by atoms with van der Waals surface area (Å²) in [5, 5.41) is -0.501. The summed E-state index contributed by atoms with van der Waals surface area (Å²) >= 11 is 0. The molecule has 4 nitrogen and oxygen atoms in total. The van der Waals surface area contributed by atoms with Crippen LogP contribution in [0.4, 0.5) is 0 Å². The molecular formula is C22H21NO3S. The Hall–Kier alpha value is -2.53. The van der Waals surface area contributed by atoms with Crippen molar-refractivity contribution in [1.29, 1.82) is 0 Å². The fourth-order valence-electron chi connectivity index (χ4n) is 4.08. The molecule has 0 saturated carbocycles. The van der Waals surface area contributed by atoms with Gasteiger partial charge in [0, 0.05) is 17.9 Å². The van der Waals surface area contributed by atoms with Gasteiger partial charge in [0.1, 0.15) is 0 Å². The van der Waals surface area contributed by atoms with Crippen LogP contribution in [0.25, 0.3) is 0 Å². The molecule has 0 radical (unpaired) electrons. The van der Waals surface area contributed by atoms with E-state index in [-0.39, 0.29) is 17.7 Å². The molecule has 0 aromatic heterocycles. The van der Waals surface area contributed by atoms with E-state index in [1.54, 1.807) is 0 Å². The van der Waals surface area contributed by atoms with E-state index in [4.69, 9.17) is 0 Å². The Kier molecular flexibility index (Phi) is 4.56. The second-order valence-corrected chi connectivity index (χ2v) is 8.79. The van der Waals surface area contributed by atoms with E-state index in [1.165, 1.54) is 11.9 Å². The van der Waals surface area contributed by atoms with Crippen molar-refractivity contribution in [2.45, 2.75) is 23.0 Å². The van der Waals surface area contributed by atoms with Crippen molar-refractivity contribution < 1.29 is 13.8 Å². The lowest BCUT2D eigenvalue weighted by molar-refractivity contribution is -0.138. The van der Waals surface area contributed by atoms with Crippen LogP contribution in [0.1, 0.15) is 17.0 Å². The van der Waals surface area contributed by atoms with Gasteiger partial charge in [-0.3, -0.25) is 18.7 Å². The number of rotatable bonds is 3. The molecule has 1 heterocycles. The minimum absolute atomic E-state index is 0.177. The van der Waals surface area contributed by atoms with Crippen LogP contribution in [0.15, 0.2) is 71.6 Å². The molecule has 0 spiro atoms. The van der Waals surface area contributed by atoms with Crippen LogP contribution in [0.2, 0.25) is 0 Å². The Labute approximate surface area is 161 Å². The molecule has 0 unspecified atom stereocenters. The maximum Gasteiger partial charge on any atom is 0.234 e. The number of fused-ring (bicyclic) bond motifs is 1. The molecule has 1 aliphatic carbocycles. The molecule has 138 valence electrons. The number of carbonyl (C=O) groups excluding carboxylic acids is 2. The zero-order chi connectivity index (χ0) is 19.1. The Morgan fingerprint density at radius 1 is 0.852 bits per heavy atom. The van der Waals surface area contributed by atoms with Crippen molar-refractivity contribution in [1.82, 2.24) is 4.90 Å². The van der Waals surface area contributed by atoms with Crippen molar-refractivity contribution in [2.75, 3.05) is 7.05 Å². The fraction of sp³-hybridized carbons (Fsp3) is 0.273. The summed E-state index contributed by atoms with van der Waals surface area (Å²) in [6, 6.07) is 17.2. The standard InChI is InChI=1S/C22H21NO3S/c1-14-8-10-16(11-9-14)27(26)18-13-12-17(15-6-4-3-5-7-15)19-20(18)22(25)23(2)21(19)24/h3-13,17-20H,1-2H3/t17-,18-,19+,20-,27+/m1/s1. The maximum atomic E-state index is 13.2. The molecule has 4 rings (SSSR count). The molecule has 2 amide bonds. The van der Waals surface area contributed by atoms with Crippen LogP contribution in [0, 0.1) is 18.8 Å². The molecule has 1 aliphatic heterocycles. The summed E-state index contributed by atoms with van der Waals surface area (Å²) in [4.78, 5) is 27.6. The Bertz CT molecular complexity index is 936. The van der Waals surface area contributed by atoms with Gasteiger partial charge in [0.15, 0.2) is 0 Å². The highest BCUT2D eigenvalue weighted by atomic mass is 32.2. The zero-order valence-electron chi connectivity index (χ0n) is 15.2. The Morgan fingerprint density at radius 3 is 2.15 bits per heavy atom. The lowest BCUT2D eigenvalue weighted by atomic mass is 9.74. The number of hydrogen-bond acceptors (Lipinski definition) is 3. The molecule has 2 aromatic rings. The monoisotopic (exact) mass is 379 g/mol. The third-order valence-corrected chi connectivity index (χ3v) is 7.23. The highest BCUT2D eigenvalue weighted by Crippen LogP contribution is 2.45. The van der Waals surface area contributed by atoms with Gasteiger partial charge in [-0.05, 0) is 24.6 Å². The first-order chi connectivity index (χ1) is 13.0. The van der Waals surface area contributed by atoms with Gasteiger partial charge in [-0.15, -0.1) is 0 Å². The summed E-state index contributed by atoms with van der Waals surface area (Å²) in [5.41, 5.74) is 2.09. The summed E-state index contributed by atoms with van der Waals surface area (Å²) in [7, 11) is 0.128. The maximum absolute atomic E-state index is 13.2. The number of imide groups is 1. The van der Waals surface area contributed by atoms with Crippen molar-refractivity contribution >= 4 is 22.6 Å². The largest absolute Gasteiger partial charge is 0.285 e. The van der Waals surface area contributed by atoms with Crippen LogP contribution in [0.3, 0.4) is 0 Å². The van der Waals surface area contributed by atoms with E-state index >= 15 is 0 Å². The van der Waals surface area contributed by atoms with Crippen molar-refractivity contribution in [2.24, 2.45) is 11.8 Å². The Balaban J connectivity index is 1.76. The third-order valence-electron chi connectivity index (χ3n) is 5.55. The number of hydrogen-bond donors (Lipinski definition) is 0.